The molecule has 1 unspecified atom stereocenters. The van der Waals surface area contributed by atoms with Crippen LogP contribution in [0.4, 0.5) is 11.4 Å². The van der Waals surface area contributed by atoms with Gasteiger partial charge in [-0.25, -0.2) is 0 Å². The molecule has 6 heteroatoms. The van der Waals surface area contributed by atoms with Crippen molar-refractivity contribution in [3.8, 4) is 0 Å². The first kappa shape index (κ1) is 18.0. The Hall–Kier alpha value is -2.37. The van der Waals surface area contributed by atoms with Crippen LogP contribution in [0.1, 0.15) is 24.8 Å². The fraction of sp³-hybridized carbons (Fsp3) is 0.333. The van der Waals surface area contributed by atoms with Crippen LogP contribution in [0, 0.1) is 0 Å². The van der Waals surface area contributed by atoms with Crippen molar-refractivity contribution in [3.05, 3.63) is 59.1 Å². The number of hydrogen-bond acceptors (Lipinski definition) is 3. The molecule has 0 radical (unpaired) electrons. The van der Waals surface area contributed by atoms with Crippen LogP contribution in [0.25, 0.3) is 0 Å². The summed E-state index contributed by atoms with van der Waals surface area (Å²) in [5.74, 6) is 0.0814. The fourth-order valence-electron chi connectivity index (χ4n) is 3.68. The van der Waals surface area contributed by atoms with E-state index in [1.165, 1.54) is 5.56 Å². The summed E-state index contributed by atoms with van der Waals surface area (Å²) in [6.07, 6.45) is 2.27. The first-order valence-corrected chi connectivity index (χ1v) is 9.68. The largest absolute Gasteiger partial charge is 0.325 e. The number of likely N-dealkylation sites (tertiary alicyclic amines) is 1. The summed E-state index contributed by atoms with van der Waals surface area (Å²) in [6.45, 7) is 2.39. The van der Waals surface area contributed by atoms with Crippen molar-refractivity contribution >= 4 is 34.8 Å². The average molecular weight is 384 g/mol. The molecular weight excluding hydrogens is 362 g/mol. The van der Waals surface area contributed by atoms with Gasteiger partial charge in [0.15, 0.2) is 0 Å². The number of carbonyl (C=O) groups is 2. The van der Waals surface area contributed by atoms with E-state index in [9.17, 15) is 9.59 Å². The minimum atomic E-state index is -0.121. The number of carbonyl (C=O) groups excluding carboxylic acids is 2. The van der Waals surface area contributed by atoms with E-state index in [2.05, 4.69) is 22.3 Å². The molecule has 2 aromatic carbocycles. The van der Waals surface area contributed by atoms with Gasteiger partial charge in [-0.1, -0.05) is 41.9 Å². The molecule has 2 aromatic rings. The highest BCUT2D eigenvalue weighted by Gasteiger charge is 2.34. The predicted molar refractivity (Wildman–Crippen MR) is 107 cm³/mol. The lowest BCUT2D eigenvalue weighted by Gasteiger charge is -2.39. The molecule has 5 nitrogen and oxygen atoms in total. The zero-order chi connectivity index (χ0) is 18.8. The lowest BCUT2D eigenvalue weighted by atomic mass is 10.0. The van der Waals surface area contributed by atoms with Crippen molar-refractivity contribution in [3.63, 3.8) is 0 Å². The normalized spacial score (nSPS) is 19.8. The van der Waals surface area contributed by atoms with Crippen LogP contribution in [-0.4, -0.2) is 35.8 Å². The van der Waals surface area contributed by atoms with Crippen LogP contribution in [0.5, 0.6) is 0 Å². The topological polar surface area (TPSA) is 52.7 Å². The first-order chi connectivity index (χ1) is 13.1. The van der Waals surface area contributed by atoms with E-state index < -0.39 is 0 Å². The van der Waals surface area contributed by atoms with Crippen molar-refractivity contribution in [2.45, 2.75) is 31.8 Å². The summed E-state index contributed by atoms with van der Waals surface area (Å²) < 4.78 is 0. The molecule has 4 rings (SSSR count). The van der Waals surface area contributed by atoms with Gasteiger partial charge in [-0.15, -0.1) is 0 Å². The van der Waals surface area contributed by atoms with Crippen LogP contribution < -0.4 is 10.2 Å². The molecule has 0 saturated carbocycles. The fourth-order valence-corrected chi connectivity index (χ4v) is 3.96. The van der Waals surface area contributed by atoms with Gasteiger partial charge in [0.1, 0.15) is 0 Å². The van der Waals surface area contributed by atoms with Crippen molar-refractivity contribution < 1.29 is 9.59 Å². The Labute approximate surface area is 163 Å². The molecule has 0 aliphatic carbocycles. The predicted octanol–water partition coefficient (Wildman–Crippen LogP) is 3.68. The maximum Gasteiger partial charge on any atom is 0.241 e. The van der Waals surface area contributed by atoms with E-state index in [4.69, 9.17) is 11.6 Å². The Kier molecular flexibility index (Phi) is 5.14. The van der Waals surface area contributed by atoms with Gasteiger partial charge in [0.05, 0.1) is 16.8 Å². The molecule has 2 aliphatic rings. The zero-order valence-corrected chi connectivity index (χ0v) is 15.8. The summed E-state index contributed by atoms with van der Waals surface area (Å²) in [7, 11) is 0. The third kappa shape index (κ3) is 3.84. The van der Waals surface area contributed by atoms with Crippen LogP contribution in [-0.2, 0) is 16.1 Å². The van der Waals surface area contributed by atoms with Crippen LogP contribution >= 0.6 is 11.6 Å². The Morgan fingerprint density at radius 1 is 1.15 bits per heavy atom. The number of amides is 2. The molecule has 140 valence electrons. The number of nitrogens with zero attached hydrogens (tertiary/aromatic N) is 2. The Morgan fingerprint density at radius 2 is 1.96 bits per heavy atom. The standard InChI is InChI=1S/C21H22ClN3O2/c22-17-13-16(8-9-18(17)25-11-4-7-20(25)26)23-21(27)19-10-12-24(19)14-15-5-2-1-3-6-15/h1-3,5-6,8-9,13,19H,4,7,10-12,14H2,(H,23,27). The van der Waals surface area contributed by atoms with Gasteiger partial charge >= 0.3 is 0 Å². The van der Waals surface area contributed by atoms with E-state index in [-0.39, 0.29) is 17.9 Å². The van der Waals surface area contributed by atoms with Gasteiger partial charge in [-0.3, -0.25) is 14.5 Å². The molecule has 2 fully saturated rings. The van der Waals surface area contributed by atoms with Crippen molar-refractivity contribution in [2.75, 3.05) is 23.3 Å². The number of rotatable bonds is 5. The molecule has 2 heterocycles. The molecule has 0 aromatic heterocycles. The molecule has 2 amide bonds. The second-order valence-corrected chi connectivity index (χ2v) is 7.47. The number of nitrogens with one attached hydrogen (secondary N) is 1. The van der Waals surface area contributed by atoms with Gasteiger partial charge in [-0.2, -0.15) is 0 Å². The van der Waals surface area contributed by atoms with Crippen molar-refractivity contribution in [2.24, 2.45) is 0 Å². The first-order valence-electron chi connectivity index (χ1n) is 9.30. The number of benzene rings is 2. The Bertz CT molecular complexity index is 856. The number of hydrogen-bond donors (Lipinski definition) is 1. The minimum Gasteiger partial charge on any atom is -0.325 e. The van der Waals surface area contributed by atoms with Crippen LogP contribution in [0.3, 0.4) is 0 Å². The SMILES string of the molecule is O=C(Nc1ccc(N2CCCC2=O)c(Cl)c1)C1CCN1Cc1ccccc1. The van der Waals surface area contributed by atoms with Crippen LogP contribution in [0.2, 0.25) is 5.02 Å². The minimum absolute atomic E-state index is 0.0155. The summed E-state index contributed by atoms with van der Waals surface area (Å²) in [4.78, 5) is 28.4. The summed E-state index contributed by atoms with van der Waals surface area (Å²) in [6, 6.07) is 15.4. The zero-order valence-electron chi connectivity index (χ0n) is 15.0. The van der Waals surface area contributed by atoms with E-state index in [0.717, 1.165) is 25.9 Å². The molecule has 0 bridgehead atoms. The summed E-state index contributed by atoms with van der Waals surface area (Å²) in [5, 5.41) is 3.45. The third-order valence-corrected chi connectivity index (χ3v) is 5.54. The van der Waals surface area contributed by atoms with Gasteiger partial charge in [0.2, 0.25) is 11.8 Å². The van der Waals surface area contributed by atoms with Gasteiger partial charge < -0.3 is 10.2 Å². The summed E-state index contributed by atoms with van der Waals surface area (Å²) >= 11 is 6.37. The Morgan fingerprint density at radius 3 is 2.59 bits per heavy atom. The van der Waals surface area contributed by atoms with Crippen molar-refractivity contribution in [1.29, 1.82) is 0 Å². The second-order valence-electron chi connectivity index (χ2n) is 7.06. The second kappa shape index (κ2) is 7.71. The molecule has 0 spiro atoms. The van der Waals surface area contributed by atoms with E-state index in [0.29, 0.717) is 29.4 Å². The highest BCUT2D eigenvalue weighted by atomic mass is 35.5. The smallest absolute Gasteiger partial charge is 0.241 e. The monoisotopic (exact) mass is 383 g/mol. The lowest BCUT2D eigenvalue weighted by Crippen LogP contribution is -2.53. The molecule has 2 aliphatic heterocycles. The summed E-state index contributed by atoms with van der Waals surface area (Å²) in [5.41, 5.74) is 2.58. The van der Waals surface area contributed by atoms with Crippen LogP contribution in [0.15, 0.2) is 48.5 Å². The number of anilines is 2. The quantitative estimate of drug-likeness (QED) is 0.856. The maximum atomic E-state index is 12.6. The molecule has 1 N–H and O–H groups in total. The van der Waals surface area contributed by atoms with E-state index in [1.807, 2.05) is 30.3 Å². The van der Waals surface area contributed by atoms with E-state index >= 15 is 0 Å². The van der Waals surface area contributed by atoms with Gasteiger partial charge in [0.25, 0.3) is 0 Å². The average Bonchev–Trinajstić information content (AvgIpc) is 3.05. The number of halogens is 1. The molecule has 27 heavy (non-hydrogen) atoms. The highest BCUT2D eigenvalue weighted by Crippen LogP contribution is 2.32. The Balaban J connectivity index is 1.39. The van der Waals surface area contributed by atoms with Crippen molar-refractivity contribution in [1.82, 2.24) is 4.90 Å². The third-order valence-electron chi connectivity index (χ3n) is 5.24. The van der Waals surface area contributed by atoms with Gasteiger partial charge in [0, 0.05) is 31.7 Å². The molecular formula is C21H22ClN3O2. The lowest BCUT2D eigenvalue weighted by molar-refractivity contribution is -0.125. The van der Waals surface area contributed by atoms with E-state index in [1.54, 1.807) is 11.0 Å². The highest BCUT2D eigenvalue weighted by molar-refractivity contribution is 6.34. The van der Waals surface area contributed by atoms with Gasteiger partial charge in [-0.05, 0) is 36.6 Å². The molecule has 1 atom stereocenters. The maximum absolute atomic E-state index is 12.6. The molecule has 2 saturated heterocycles.